The maximum absolute atomic E-state index is 12.4. The van der Waals surface area contributed by atoms with E-state index in [-0.39, 0.29) is 5.91 Å². The Morgan fingerprint density at radius 2 is 1.70 bits per heavy atom. The van der Waals surface area contributed by atoms with Crippen LogP contribution in [0.3, 0.4) is 0 Å². The van der Waals surface area contributed by atoms with Crippen LogP contribution in [0.5, 0.6) is 0 Å². The van der Waals surface area contributed by atoms with Gasteiger partial charge in [-0.3, -0.25) is 9.69 Å². The Balaban J connectivity index is 2.14. The van der Waals surface area contributed by atoms with Crippen LogP contribution < -0.4 is 10.2 Å². The van der Waals surface area contributed by atoms with Crippen LogP contribution in [0.25, 0.3) is 0 Å². The molecule has 0 saturated heterocycles. The Bertz CT molecular complexity index is 655. The number of anilines is 3. The first-order valence-electron chi connectivity index (χ1n) is 6.27. The lowest BCUT2D eigenvalue weighted by atomic mass is 10.2. The Morgan fingerprint density at radius 3 is 2.45 bits per heavy atom. The zero-order valence-electron chi connectivity index (χ0n) is 10.6. The highest BCUT2D eigenvalue weighted by Crippen LogP contribution is 2.36. The van der Waals surface area contributed by atoms with Gasteiger partial charge in [-0.25, -0.2) is 0 Å². The largest absolute Gasteiger partial charge is 0.383 e. The van der Waals surface area contributed by atoms with E-state index in [1.807, 2.05) is 24.3 Å². The van der Waals surface area contributed by atoms with E-state index in [4.69, 9.17) is 23.2 Å². The first-order chi connectivity index (χ1) is 9.65. The van der Waals surface area contributed by atoms with Gasteiger partial charge in [0.25, 0.3) is 0 Å². The maximum Gasteiger partial charge on any atom is 0.233 e. The van der Waals surface area contributed by atoms with Crippen molar-refractivity contribution < 1.29 is 4.79 Å². The van der Waals surface area contributed by atoms with Crippen molar-refractivity contribution in [1.82, 2.24) is 0 Å². The molecule has 1 amide bonds. The van der Waals surface area contributed by atoms with E-state index >= 15 is 0 Å². The predicted molar refractivity (Wildman–Crippen MR) is 83.2 cm³/mol. The number of nitrogens with zero attached hydrogens (tertiary/aromatic N) is 1. The summed E-state index contributed by atoms with van der Waals surface area (Å²) in [5, 5.41) is 4.48. The van der Waals surface area contributed by atoms with Crippen molar-refractivity contribution in [3.05, 3.63) is 52.5 Å². The molecule has 0 bridgehead atoms. The molecule has 102 valence electrons. The lowest BCUT2D eigenvalue weighted by Crippen LogP contribution is -2.25. The zero-order chi connectivity index (χ0) is 14.1. The first kappa shape index (κ1) is 13.3. The van der Waals surface area contributed by atoms with Crippen molar-refractivity contribution in [2.24, 2.45) is 0 Å². The third-order valence-electron chi connectivity index (χ3n) is 3.19. The van der Waals surface area contributed by atoms with E-state index in [0.717, 1.165) is 17.1 Å². The standard InChI is InChI=1S/C15H12Cl2N2O/c16-10-1-4-12(5-2-10)19-14-9-11(17)3-6-13(14)18-8-7-15(19)20/h1-6,9,18H,7-8H2. The molecule has 1 N–H and O–H groups in total. The van der Waals surface area contributed by atoms with Crippen molar-refractivity contribution in [3.8, 4) is 0 Å². The molecule has 20 heavy (non-hydrogen) atoms. The van der Waals surface area contributed by atoms with Gasteiger partial charge < -0.3 is 5.32 Å². The van der Waals surface area contributed by atoms with Gasteiger partial charge in [-0.1, -0.05) is 23.2 Å². The number of hydrogen-bond acceptors (Lipinski definition) is 2. The van der Waals surface area contributed by atoms with Gasteiger partial charge in [0.15, 0.2) is 0 Å². The molecule has 1 aliphatic heterocycles. The third-order valence-corrected chi connectivity index (χ3v) is 3.68. The number of halogens is 2. The number of rotatable bonds is 1. The highest BCUT2D eigenvalue weighted by Gasteiger charge is 2.23. The average molecular weight is 307 g/mol. The molecule has 0 aromatic heterocycles. The van der Waals surface area contributed by atoms with Crippen LogP contribution in [0.4, 0.5) is 17.1 Å². The molecule has 2 aromatic carbocycles. The first-order valence-corrected chi connectivity index (χ1v) is 7.03. The summed E-state index contributed by atoms with van der Waals surface area (Å²) >= 11 is 12.0. The van der Waals surface area contributed by atoms with Crippen LogP contribution in [0.2, 0.25) is 10.0 Å². The summed E-state index contributed by atoms with van der Waals surface area (Å²) in [4.78, 5) is 14.1. The normalized spacial score (nSPS) is 14.5. The van der Waals surface area contributed by atoms with Gasteiger partial charge in [0.1, 0.15) is 0 Å². The second-order valence-electron chi connectivity index (χ2n) is 4.54. The zero-order valence-corrected chi connectivity index (χ0v) is 12.1. The molecule has 3 rings (SSSR count). The number of fused-ring (bicyclic) bond motifs is 1. The molecule has 5 heteroatoms. The van der Waals surface area contributed by atoms with E-state index in [1.54, 1.807) is 23.1 Å². The van der Waals surface area contributed by atoms with Gasteiger partial charge in [0, 0.05) is 28.7 Å². The number of benzene rings is 2. The van der Waals surface area contributed by atoms with E-state index in [1.165, 1.54) is 0 Å². The molecule has 1 heterocycles. The second kappa shape index (κ2) is 5.35. The SMILES string of the molecule is O=C1CCNc2ccc(Cl)cc2N1c1ccc(Cl)cc1. The highest BCUT2D eigenvalue weighted by atomic mass is 35.5. The molecule has 0 spiro atoms. The van der Waals surface area contributed by atoms with Crippen LogP contribution in [-0.2, 0) is 4.79 Å². The molecule has 0 atom stereocenters. The Hall–Kier alpha value is -1.71. The van der Waals surface area contributed by atoms with Gasteiger partial charge in [0.05, 0.1) is 11.4 Å². The van der Waals surface area contributed by atoms with Crippen molar-refractivity contribution in [2.75, 3.05) is 16.8 Å². The minimum Gasteiger partial charge on any atom is -0.383 e. The quantitative estimate of drug-likeness (QED) is 0.843. The van der Waals surface area contributed by atoms with E-state index in [0.29, 0.717) is 23.0 Å². The summed E-state index contributed by atoms with van der Waals surface area (Å²) in [6.07, 6.45) is 0.426. The molecule has 2 aromatic rings. The van der Waals surface area contributed by atoms with Crippen molar-refractivity contribution in [2.45, 2.75) is 6.42 Å². The average Bonchev–Trinajstić information content (AvgIpc) is 2.58. The number of amides is 1. The molecule has 3 nitrogen and oxygen atoms in total. The van der Waals surface area contributed by atoms with E-state index < -0.39 is 0 Å². The summed E-state index contributed by atoms with van der Waals surface area (Å²) < 4.78 is 0. The van der Waals surface area contributed by atoms with Gasteiger partial charge in [-0.05, 0) is 42.5 Å². The van der Waals surface area contributed by atoms with Crippen LogP contribution in [0.15, 0.2) is 42.5 Å². The molecular weight excluding hydrogens is 295 g/mol. The summed E-state index contributed by atoms with van der Waals surface area (Å²) in [6.45, 7) is 0.609. The molecule has 1 aliphatic rings. The number of carbonyl (C=O) groups excluding carboxylic acids is 1. The number of nitrogens with one attached hydrogen (secondary N) is 1. The van der Waals surface area contributed by atoms with E-state index in [9.17, 15) is 4.79 Å². The molecule has 0 unspecified atom stereocenters. The lowest BCUT2D eigenvalue weighted by molar-refractivity contribution is -0.117. The van der Waals surface area contributed by atoms with E-state index in [2.05, 4.69) is 5.32 Å². The smallest absolute Gasteiger partial charge is 0.233 e. The van der Waals surface area contributed by atoms with Crippen molar-refractivity contribution in [3.63, 3.8) is 0 Å². The minimum atomic E-state index is 0.0286. The summed E-state index contributed by atoms with van der Waals surface area (Å²) in [6, 6.07) is 12.7. The summed E-state index contributed by atoms with van der Waals surface area (Å²) in [5.41, 5.74) is 2.45. The molecule has 0 fully saturated rings. The molecule has 0 aliphatic carbocycles. The second-order valence-corrected chi connectivity index (χ2v) is 5.42. The van der Waals surface area contributed by atoms with Crippen LogP contribution in [0.1, 0.15) is 6.42 Å². The van der Waals surface area contributed by atoms with Gasteiger partial charge in [-0.15, -0.1) is 0 Å². The topological polar surface area (TPSA) is 32.3 Å². The Labute approximate surface area is 127 Å². The van der Waals surface area contributed by atoms with Gasteiger partial charge in [0.2, 0.25) is 5.91 Å². The Morgan fingerprint density at radius 1 is 1.00 bits per heavy atom. The monoisotopic (exact) mass is 306 g/mol. The fourth-order valence-electron chi connectivity index (χ4n) is 2.26. The van der Waals surface area contributed by atoms with Crippen LogP contribution >= 0.6 is 23.2 Å². The lowest BCUT2D eigenvalue weighted by Gasteiger charge is -2.23. The van der Waals surface area contributed by atoms with Crippen molar-refractivity contribution >= 4 is 46.2 Å². The van der Waals surface area contributed by atoms with Crippen LogP contribution in [0, 0.1) is 0 Å². The fourth-order valence-corrected chi connectivity index (χ4v) is 2.56. The maximum atomic E-state index is 12.4. The Kier molecular flexibility index (Phi) is 3.55. The third kappa shape index (κ3) is 2.47. The number of carbonyl (C=O) groups is 1. The van der Waals surface area contributed by atoms with Gasteiger partial charge >= 0.3 is 0 Å². The minimum absolute atomic E-state index is 0.0286. The summed E-state index contributed by atoms with van der Waals surface area (Å²) in [7, 11) is 0. The molecule has 0 saturated carbocycles. The number of hydrogen-bond donors (Lipinski definition) is 1. The highest BCUT2D eigenvalue weighted by molar-refractivity contribution is 6.31. The van der Waals surface area contributed by atoms with Crippen LogP contribution in [-0.4, -0.2) is 12.5 Å². The molecule has 0 radical (unpaired) electrons. The van der Waals surface area contributed by atoms with Crippen molar-refractivity contribution in [1.29, 1.82) is 0 Å². The van der Waals surface area contributed by atoms with Gasteiger partial charge in [-0.2, -0.15) is 0 Å². The predicted octanol–water partition coefficient (Wildman–Crippen LogP) is 4.47. The molecular formula is C15H12Cl2N2O. The summed E-state index contributed by atoms with van der Waals surface area (Å²) in [5.74, 6) is 0.0286. The fraction of sp³-hybridized carbons (Fsp3) is 0.133.